The number of carboxylic acid groups (broad SMARTS) is 1. The first-order valence-corrected chi connectivity index (χ1v) is 26.5. The number of ether oxygens (including phenoxy) is 3. The van der Waals surface area contributed by atoms with Crippen molar-refractivity contribution in [2.24, 2.45) is 28.8 Å². The summed E-state index contributed by atoms with van der Waals surface area (Å²) in [4.78, 5) is 72.8. The molecule has 4 aliphatic rings. The molecule has 1 fully saturated rings. The van der Waals surface area contributed by atoms with E-state index in [2.05, 4.69) is 15.4 Å². The Balaban J connectivity index is 1.20. The van der Waals surface area contributed by atoms with Gasteiger partial charge in [0.2, 0.25) is 11.2 Å². The number of likely N-dealkylation sites (N-methyl/N-ethyl adjacent to an activating group) is 1. The maximum Gasteiger partial charge on any atom is 0.341 e. The molecule has 1 unspecified atom stereocenters. The molecule has 5 heterocycles. The number of fused-ring (bicyclic) bond motifs is 15. The van der Waals surface area contributed by atoms with Gasteiger partial charge in [-0.1, -0.05) is 45.9 Å². The van der Waals surface area contributed by atoms with Gasteiger partial charge in [0.25, 0.3) is 5.91 Å². The van der Waals surface area contributed by atoms with Gasteiger partial charge in [-0.25, -0.2) is 22.9 Å². The third-order valence-corrected chi connectivity index (χ3v) is 16.2. The third-order valence-electron chi connectivity index (χ3n) is 16.2. The van der Waals surface area contributed by atoms with Crippen molar-refractivity contribution in [1.82, 2.24) is 14.6 Å². The highest BCUT2D eigenvalue weighted by molar-refractivity contribution is 6.23. The van der Waals surface area contributed by atoms with Crippen molar-refractivity contribution >= 4 is 63.2 Å². The highest BCUT2D eigenvalue weighted by Gasteiger charge is 2.48. The lowest BCUT2D eigenvalue weighted by Gasteiger charge is -2.38. The predicted octanol–water partition coefficient (Wildman–Crippen LogP) is 7.32. The molecule has 1 aliphatic carbocycles. The van der Waals surface area contributed by atoms with Crippen LogP contribution in [0.3, 0.4) is 0 Å². The van der Waals surface area contributed by atoms with Gasteiger partial charge < -0.3 is 55.1 Å². The number of carbonyl (C=O) groups excluding carboxylic acids is 3. The van der Waals surface area contributed by atoms with Crippen LogP contribution in [0.15, 0.2) is 76.5 Å². The van der Waals surface area contributed by atoms with Gasteiger partial charge in [-0.3, -0.25) is 28.8 Å². The quantitative estimate of drug-likeness (QED) is 0.0263. The van der Waals surface area contributed by atoms with Crippen molar-refractivity contribution in [3.8, 4) is 22.9 Å². The highest BCUT2D eigenvalue weighted by Crippen LogP contribution is 2.53. The van der Waals surface area contributed by atoms with E-state index in [1.54, 1.807) is 40.8 Å². The summed E-state index contributed by atoms with van der Waals surface area (Å²) in [5, 5.41) is 77.1. The number of rotatable bonds is 8. The number of carboxylic acids is 1. The Morgan fingerprint density at radius 2 is 1.66 bits per heavy atom. The molecule has 5 aromatic rings. The number of hydrazone groups is 1. The largest absolute Gasteiger partial charge is 0.507 e. The van der Waals surface area contributed by atoms with Crippen LogP contribution in [0.4, 0.5) is 24.7 Å². The number of esters is 1. The van der Waals surface area contributed by atoms with E-state index in [4.69, 9.17) is 14.2 Å². The van der Waals surface area contributed by atoms with E-state index in [0.717, 1.165) is 35.2 Å². The van der Waals surface area contributed by atoms with Gasteiger partial charge in [-0.2, -0.15) is 5.10 Å². The standard InChI is InChI=1S/C59H65F3N6O14/c1-26-12-11-13-27(2)57(77)64-46-37(23-63-66(9)34-16-18-67(24-34)56-40(62)21-35-50(73)38(58(78)79)25-68(55(35)65-56)41-15-14-33(60)20-39(41)61)51(74)44-43-36(28(3)49(72)45(44)52(46)75)22-59(8,54(43)76)81-19-17-42(80-10)29(4)53(82-32(7)69)31(6)48(71)30(5)47(26)70/h11-15,17,19-21,23,25-26,29-31,34,42,47-48,53,70-72,74-75H,16,18,22,24H2,1-10H3,(H,64,77)(H,78,79)/t26-,29+,30+,31+,34?,42-,47-,48+,53+,59-/m0/s1. The number of hydrogen-bond donors (Lipinski definition) is 7. The molecular weight excluding hydrogens is 1070 g/mol. The molecule has 23 heteroatoms. The zero-order chi connectivity index (χ0) is 60.1. The smallest absolute Gasteiger partial charge is 0.341 e. The first-order valence-electron chi connectivity index (χ1n) is 26.5. The molecule has 20 nitrogen and oxygen atoms in total. The molecular formula is C59H65F3N6O14. The molecule has 5 bridgehead atoms. The number of aliphatic hydroxyl groups excluding tert-OH is 2. The number of amides is 1. The van der Waals surface area contributed by atoms with E-state index in [1.807, 2.05) is 0 Å². The number of nitrogens with one attached hydrogen (secondary N) is 1. The maximum absolute atomic E-state index is 16.1. The maximum atomic E-state index is 16.1. The molecule has 436 valence electrons. The molecule has 10 atom stereocenters. The summed E-state index contributed by atoms with van der Waals surface area (Å²) in [5.41, 5.74) is -4.62. The average molecular weight is 1140 g/mol. The number of aromatic carboxylic acids is 1. The normalized spacial score (nSPS) is 25.5. The molecule has 9 rings (SSSR count). The van der Waals surface area contributed by atoms with Crippen LogP contribution >= 0.6 is 0 Å². The van der Waals surface area contributed by atoms with E-state index >= 15 is 8.78 Å². The van der Waals surface area contributed by atoms with E-state index in [1.165, 1.54) is 69.2 Å². The number of phenols is 3. The number of phenolic OH excluding ortho intramolecular Hbond substituents is 3. The molecule has 3 aromatic carbocycles. The first-order chi connectivity index (χ1) is 38.6. The molecule has 7 N–H and O–H groups in total. The number of ketones is 1. The van der Waals surface area contributed by atoms with Crippen molar-refractivity contribution in [3.05, 3.63) is 122 Å². The minimum absolute atomic E-state index is 0.00886. The van der Waals surface area contributed by atoms with Crippen LogP contribution in [-0.2, 0) is 30.2 Å². The summed E-state index contributed by atoms with van der Waals surface area (Å²) < 4.78 is 64.1. The number of carbonyl (C=O) groups is 4. The summed E-state index contributed by atoms with van der Waals surface area (Å²) >= 11 is 0. The third kappa shape index (κ3) is 11.0. The number of aromatic nitrogens is 2. The zero-order valence-corrected chi connectivity index (χ0v) is 46.7. The number of allylic oxidation sites excluding steroid dienone is 2. The topological polar surface area (TPSA) is 283 Å². The Morgan fingerprint density at radius 3 is 2.32 bits per heavy atom. The van der Waals surface area contributed by atoms with Crippen LogP contribution in [0.1, 0.15) is 92.3 Å². The highest BCUT2D eigenvalue weighted by atomic mass is 19.1. The van der Waals surface area contributed by atoms with Gasteiger partial charge in [0.15, 0.2) is 28.6 Å². The van der Waals surface area contributed by atoms with Crippen molar-refractivity contribution in [1.29, 1.82) is 0 Å². The number of aromatic hydroxyl groups is 3. The van der Waals surface area contributed by atoms with Gasteiger partial charge in [0.1, 0.15) is 34.8 Å². The molecule has 0 saturated carbocycles. The second kappa shape index (κ2) is 23.3. The minimum Gasteiger partial charge on any atom is -0.507 e. The number of aliphatic hydroxyl groups is 2. The summed E-state index contributed by atoms with van der Waals surface area (Å²) in [7, 11) is 2.97. The number of pyridine rings is 2. The number of halogens is 3. The fourth-order valence-electron chi connectivity index (χ4n) is 11.3. The Kier molecular flexibility index (Phi) is 17.0. The molecule has 2 aromatic heterocycles. The second-order valence-electron chi connectivity index (χ2n) is 21.6. The van der Waals surface area contributed by atoms with Crippen LogP contribution < -0.4 is 15.6 Å². The van der Waals surface area contributed by atoms with Gasteiger partial charge in [0, 0.05) is 93.0 Å². The number of benzene rings is 3. The fraction of sp³-hybridized carbons (Fsp3) is 0.407. The summed E-state index contributed by atoms with van der Waals surface area (Å²) in [6, 6.07) is 2.72. The second-order valence-corrected chi connectivity index (χ2v) is 21.6. The SMILES string of the molecule is CO[C@H]1C=CO[C@@]2(C)Cc3c(C)c(O)c4c(O)c(c(C=NN(C)C5CCN(c6nc7c(cc6F)c(=O)c(C(=O)O)cn7-c6ccc(F)cc6F)C5)c(O)c4c3C2=O)NC(=O)C(C)=CC=C[C@H](C)[C@H](O)[C@@H](C)[C@@H](O)[C@@H](C)[C@H](OC(C)=O)[C@@H]1C. The Hall–Kier alpha value is -8.28. The summed E-state index contributed by atoms with van der Waals surface area (Å²) in [6.45, 7) is 12.6. The Morgan fingerprint density at radius 1 is 0.951 bits per heavy atom. The van der Waals surface area contributed by atoms with Crippen LogP contribution in [0.25, 0.3) is 27.5 Å². The van der Waals surface area contributed by atoms with Crippen LogP contribution in [0, 0.1) is 48.0 Å². The molecule has 1 saturated heterocycles. The van der Waals surface area contributed by atoms with Gasteiger partial charge in [0.05, 0.1) is 64.5 Å². The first kappa shape index (κ1) is 59.8. The lowest BCUT2D eigenvalue weighted by molar-refractivity contribution is -0.160. The predicted molar refractivity (Wildman–Crippen MR) is 297 cm³/mol. The monoisotopic (exact) mass is 1140 g/mol. The van der Waals surface area contributed by atoms with E-state index in [9.17, 15) is 59.0 Å². The van der Waals surface area contributed by atoms with Crippen molar-refractivity contribution in [2.75, 3.05) is 37.5 Å². The lowest BCUT2D eigenvalue weighted by atomic mass is 9.78. The van der Waals surface area contributed by atoms with Gasteiger partial charge >= 0.3 is 11.9 Å². The number of methoxy groups -OCH3 is 1. The molecule has 0 spiro atoms. The zero-order valence-electron chi connectivity index (χ0n) is 46.7. The van der Waals surface area contributed by atoms with Gasteiger partial charge in [-0.05, 0) is 62.6 Å². The number of anilines is 2. The van der Waals surface area contributed by atoms with E-state index in [0.29, 0.717) is 6.07 Å². The minimum atomic E-state index is -1.69. The number of Topliss-reactive ketones (excluding diaryl/α,β-unsaturated/α-hetero) is 1. The van der Waals surface area contributed by atoms with Crippen LogP contribution in [0.2, 0.25) is 0 Å². The van der Waals surface area contributed by atoms with Crippen molar-refractivity contribution in [3.63, 3.8) is 0 Å². The van der Waals surface area contributed by atoms with E-state index in [-0.39, 0.29) is 81.7 Å². The number of hydrogen-bond acceptors (Lipinski definition) is 17. The molecule has 3 aliphatic heterocycles. The average Bonchev–Trinajstić information content (AvgIpc) is 2.04. The Bertz CT molecular complexity index is 3620. The van der Waals surface area contributed by atoms with E-state index < -0.39 is 140 Å². The van der Waals surface area contributed by atoms with Crippen LogP contribution in [-0.4, -0.2) is 138 Å². The fourth-order valence-corrected chi connectivity index (χ4v) is 11.3. The molecule has 1 amide bonds. The molecule has 0 radical (unpaired) electrons. The van der Waals surface area contributed by atoms with Crippen LogP contribution in [0.5, 0.6) is 17.2 Å². The van der Waals surface area contributed by atoms with Crippen molar-refractivity contribution < 1.29 is 77.2 Å². The summed E-state index contributed by atoms with van der Waals surface area (Å²) in [6.07, 6.45) is 5.32. The van der Waals surface area contributed by atoms with Crippen molar-refractivity contribution in [2.45, 2.75) is 104 Å². The lowest BCUT2D eigenvalue weighted by Crippen LogP contribution is -2.46. The van der Waals surface area contributed by atoms with Gasteiger partial charge in [-0.15, -0.1) is 0 Å². The summed E-state index contributed by atoms with van der Waals surface area (Å²) in [5.74, 6) is -11.8. The Labute approximate surface area is 469 Å². The molecule has 82 heavy (non-hydrogen) atoms. The number of nitrogens with zero attached hydrogens (tertiary/aromatic N) is 5.